The fraction of sp³-hybridized carbons (Fsp3) is 0.667. The summed E-state index contributed by atoms with van der Waals surface area (Å²) < 4.78 is 24.0. The number of carbonyl (C=O) groups is 2. The van der Waals surface area contributed by atoms with Gasteiger partial charge in [-0.2, -0.15) is 14.8 Å². The highest BCUT2D eigenvalue weighted by Crippen LogP contribution is 2.42. The van der Waals surface area contributed by atoms with Gasteiger partial charge in [-0.25, -0.2) is 4.98 Å². The topological polar surface area (TPSA) is 186 Å². The number of ether oxygens (including phenoxy) is 4. The zero-order chi connectivity index (χ0) is 28.8. The molecular weight excluding hydrogens is 538 g/mol. The van der Waals surface area contributed by atoms with Crippen LogP contribution in [0.25, 0.3) is 11.2 Å². The molecule has 5 heterocycles. The zero-order valence-corrected chi connectivity index (χ0v) is 23.3. The van der Waals surface area contributed by atoms with E-state index in [1.54, 1.807) is 11.6 Å². The van der Waals surface area contributed by atoms with Crippen molar-refractivity contribution in [3.05, 3.63) is 12.2 Å². The lowest BCUT2D eigenvalue weighted by Crippen LogP contribution is -2.39. The van der Waals surface area contributed by atoms with Crippen molar-refractivity contribution in [2.24, 2.45) is 7.05 Å². The van der Waals surface area contributed by atoms with Gasteiger partial charge in [0, 0.05) is 32.2 Å². The monoisotopic (exact) mass is 573 g/mol. The van der Waals surface area contributed by atoms with E-state index in [9.17, 15) is 9.59 Å². The lowest BCUT2D eigenvalue weighted by atomic mass is 10.1. The number of tetrazole rings is 1. The summed E-state index contributed by atoms with van der Waals surface area (Å²) in [6.45, 7) is 9.35. The third-order valence-corrected chi connectivity index (χ3v) is 7.23. The van der Waals surface area contributed by atoms with Crippen LogP contribution in [0.2, 0.25) is 0 Å². The van der Waals surface area contributed by atoms with Crippen LogP contribution in [0.1, 0.15) is 44.8 Å². The number of anilines is 2. The van der Waals surface area contributed by atoms with E-state index in [0.29, 0.717) is 29.5 Å². The second-order valence-corrected chi connectivity index (χ2v) is 9.74. The van der Waals surface area contributed by atoms with Crippen LogP contribution in [-0.2, 0) is 35.6 Å². The lowest BCUT2D eigenvalue weighted by molar-refractivity contribution is -0.151. The largest absolute Gasteiger partial charge is 0.457 e. The first kappa shape index (κ1) is 28.6. The molecule has 0 saturated carbocycles. The van der Waals surface area contributed by atoms with E-state index in [-0.39, 0.29) is 24.8 Å². The quantitative estimate of drug-likeness (QED) is 0.246. The van der Waals surface area contributed by atoms with Crippen molar-refractivity contribution in [3.63, 3.8) is 0 Å². The molecule has 2 fully saturated rings. The molecule has 5 rings (SSSR count). The van der Waals surface area contributed by atoms with E-state index in [1.165, 1.54) is 11.1 Å². The van der Waals surface area contributed by atoms with Gasteiger partial charge in [0.1, 0.15) is 0 Å². The molecule has 17 heteroatoms. The number of morpholine rings is 1. The predicted octanol–water partition coefficient (Wildman–Crippen LogP) is 0.0477. The number of carbonyl (C=O) groups excluding carboxylic acids is 2. The van der Waals surface area contributed by atoms with Gasteiger partial charge in [0.15, 0.2) is 41.5 Å². The van der Waals surface area contributed by atoms with E-state index in [1.807, 2.05) is 0 Å². The van der Waals surface area contributed by atoms with Gasteiger partial charge < -0.3 is 29.6 Å². The molecule has 2 aliphatic rings. The molecule has 0 aromatic carbocycles. The highest BCUT2D eigenvalue weighted by molar-refractivity contribution is 5.84. The van der Waals surface area contributed by atoms with Crippen LogP contribution < -0.4 is 10.6 Å². The SMILES string of the molecule is CCC(CC)Nc1nc(NCCN2CCOCC2)nc2c1ncn2[C@@H]1O[C@H](c2nnn(C)n2)[C@H](OC=O)[C@H]1OC=O. The number of aromatic nitrogens is 8. The average molecular weight is 574 g/mol. The Bertz CT molecular complexity index is 1310. The van der Waals surface area contributed by atoms with Crippen LogP contribution in [0.3, 0.4) is 0 Å². The van der Waals surface area contributed by atoms with Crippen molar-refractivity contribution >= 4 is 35.9 Å². The fourth-order valence-corrected chi connectivity index (χ4v) is 5.02. The molecule has 2 N–H and O–H groups in total. The molecular formula is C24H35N11O6. The molecule has 0 unspecified atom stereocenters. The summed E-state index contributed by atoms with van der Waals surface area (Å²) in [7, 11) is 1.60. The lowest BCUT2D eigenvalue weighted by Gasteiger charge is -2.26. The summed E-state index contributed by atoms with van der Waals surface area (Å²) in [6.07, 6.45) is -0.711. The maximum absolute atomic E-state index is 11.5. The van der Waals surface area contributed by atoms with Crippen LogP contribution in [-0.4, -0.2) is 115 Å². The van der Waals surface area contributed by atoms with Gasteiger partial charge in [0.05, 0.1) is 26.6 Å². The predicted molar refractivity (Wildman–Crippen MR) is 143 cm³/mol. The summed E-state index contributed by atoms with van der Waals surface area (Å²) in [5.74, 6) is 1.14. The molecule has 17 nitrogen and oxygen atoms in total. The minimum absolute atomic E-state index is 0.168. The van der Waals surface area contributed by atoms with E-state index < -0.39 is 24.5 Å². The van der Waals surface area contributed by atoms with Crippen LogP contribution in [0.5, 0.6) is 0 Å². The van der Waals surface area contributed by atoms with Crippen molar-refractivity contribution in [1.82, 2.24) is 44.6 Å². The van der Waals surface area contributed by atoms with Crippen molar-refractivity contribution in [2.45, 2.75) is 57.3 Å². The Kier molecular flexibility index (Phi) is 9.15. The molecule has 3 aromatic heterocycles. The summed E-state index contributed by atoms with van der Waals surface area (Å²) in [6, 6.07) is 0.172. The Hall–Kier alpha value is -3.96. The first-order chi connectivity index (χ1) is 20.1. The van der Waals surface area contributed by atoms with Gasteiger partial charge in [0.2, 0.25) is 11.8 Å². The molecule has 0 spiro atoms. The first-order valence-electron chi connectivity index (χ1n) is 13.7. The Morgan fingerprint density at radius 3 is 2.56 bits per heavy atom. The van der Waals surface area contributed by atoms with Gasteiger partial charge in [-0.05, 0) is 18.1 Å². The molecule has 3 aromatic rings. The van der Waals surface area contributed by atoms with Crippen molar-refractivity contribution in [2.75, 3.05) is 50.0 Å². The van der Waals surface area contributed by atoms with E-state index in [2.05, 4.69) is 49.8 Å². The number of hydrogen-bond donors (Lipinski definition) is 2. The van der Waals surface area contributed by atoms with Gasteiger partial charge in [-0.1, -0.05) is 13.8 Å². The summed E-state index contributed by atoms with van der Waals surface area (Å²) >= 11 is 0. The van der Waals surface area contributed by atoms with Crippen molar-refractivity contribution in [1.29, 1.82) is 0 Å². The van der Waals surface area contributed by atoms with Crippen LogP contribution >= 0.6 is 0 Å². The van der Waals surface area contributed by atoms with Crippen molar-refractivity contribution in [3.8, 4) is 0 Å². The number of nitrogens with one attached hydrogen (secondary N) is 2. The molecule has 2 aliphatic heterocycles. The highest BCUT2D eigenvalue weighted by atomic mass is 16.6. The van der Waals surface area contributed by atoms with Crippen LogP contribution in [0, 0.1) is 0 Å². The number of aryl methyl sites for hydroxylation is 1. The Balaban J connectivity index is 1.49. The van der Waals surface area contributed by atoms with Crippen molar-refractivity contribution < 1.29 is 28.5 Å². The summed E-state index contributed by atoms with van der Waals surface area (Å²) in [5, 5.41) is 18.9. The number of nitrogens with zero attached hydrogens (tertiary/aromatic N) is 9. The molecule has 0 aliphatic carbocycles. The fourth-order valence-electron chi connectivity index (χ4n) is 5.02. The van der Waals surface area contributed by atoms with E-state index in [0.717, 1.165) is 45.7 Å². The van der Waals surface area contributed by atoms with Crippen LogP contribution in [0.4, 0.5) is 11.8 Å². The van der Waals surface area contributed by atoms with Gasteiger partial charge >= 0.3 is 0 Å². The number of hydrogen-bond acceptors (Lipinski definition) is 15. The van der Waals surface area contributed by atoms with Crippen LogP contribution in [0.15, 0.2) is 6.33 Å². The smallest absolute Gasteiger partial charge is 0.293 e. The van der Waals surface area contributed by atoms with Gasteiger partial charge in [0.25, 0.3) is 12.9 Å². The molecule has 0 bridgehead atoms. The Morgan fingerprint density at radius 1 is 1.12 bits per heavy atom. The Labute approximate surface area is 235 Å². The van der Waals surface area contributed by atoms with E-state index >= 15 is 0 Å². The maximum atomic E-state index is 11.5. The molecule has 4 atom stereocenters. The third-order valence-electron chi connectivity index (χ3n) is 7.23. The number of fused-ring (bicyclic) bond motifs is 1. The minimum atomic E-state index is -1.05. The van der Waals surface area contributed by atoms with E-state index in [4.69, 9.17) is 28.9 Å². The zero-order valence-electron chi connectivity index (χ0n) is 23.3. The molecule has 222 valence electrons. The maximum Gasteiger partial charge on any atom is 0.293 e. The summed E-state index contributed by atoms with van der Waals surface area (Å²) in [5.41, 5.74) is 0.947. The average Bonchev–Trinajstić information content (AvgIpc) is 3.70. The molecule has 0 radical (unpaired) electrons. The standard InChI is InChI=1S/C24H35N11O6/c1-4-15(5-2)27-20-16-22(29-24(28-20)25-6-7-34-8-10-38-11-9-34)35(12-26-16)23-19(40-14-37)17(39-13-36)18(41-23)21-30-32-33(3)31-21/h12-15,17-19,23H,4-11H2,1-3H3,(H2,25,27,28,29)/t17-,18-,19+,23+/m0/s1. The van der Waals surface area contributed by atoms with Gasteiger partial charge in [-0.3, -0.25) is 19.1 Å². The number of imidazole rings is 1. The second kappa shape index (κ2) is 13.1. The normalized spacial score (nSPS) is 23.1. The second-order valence-electron chi connectivity index (χ2n) is 9.74. The molecule has 2 saturated heterocycles. The molecule has 0 amide bonds. The van der Waals surface area contributed by atoms with Gasteiger partial charge in [-0.15, -0.1) is 10.2 Å². The highest BCUT2D eigenvalue weighted by Gasteiger charge is 2.52. The minimum Gasteiger partial charge on any atom is -0.457 e. The third kappa shape index (κ3) is 6.20. The first-order valence-corrected chi connectivity index (χ1v) is 13.7. The number of rotatable bonds is 14. The summed E-state index contributed by atoms with van der Waals surface area (Å²) in [4.78, 5) is 40.6. The Morgan fingerprint density at radius 2 is 1.88 bits per heavy atom. The molecule has 41 heavy (non-hydrogen) atoms.